The predicted octanol–water partition coefficient (Wildman–Crippen LogP) is 3.78. The molecule has 3 amide bonds. The summed E-state index contributed by atoms with van der Waals surface area (Å²) in [5.41, 5.74) is 0.318. The molecule has 1 aromatic rings. The van der Waals surface area contributed by atoms with Gasteiger partial charge in [0.15, 0.2) is 0 Å². The van der Waals surface area contributed by atoms with Crippen LogP contribution in [-0.2, 0) is 14.4 Å². The second-order valence-corrected chi connectivity index (χ2v) is 7.87. The number of anilines is 1. The average molecular weight is 393 g/mol. The van der Waals surface area contributed by atoms with Crippen LogP contribution in [0.15, 0.2) is 30.4 Å². The smallest absolute Gasteiger partial charge is 0.247 e. The van der Waals surface area contributed by atoms with E-state index in [9.17, 15) is 18.8 Å². The van der Waals surface area contributed by atoms with Gasteiger partial charge in [-0.05, 0) is 43.4 Å². The van der Waals surface area contributed by atoms with Crippen molar-refractivity contribution < 1.29 is 18.8 Å². The van der Waals surface area contributed by atoms with Gasteiger partial charge in [-0.1, -0.05) is 37.6 Å². The van der Waals surface area contributed by atoms with Crippen LogP contribution in [-0.4, -0.2) is 28.7 Å². The lowest BCUT2D eigenvalue weighted by Crippen LogP contribution is -2.48. The van der Waals surface area contributed by atoms with Gasteiger partial charge in [-0.15, -0.1) is 0 Å². The molecule has 1 N–H and O–H groups in total. The minimum Gasteiger partial charge on any atom is -0.324 e. The fourth-order valence-electron chi connectivity index (χ4n) is 3.71. The molecule has 0 unspecified atom stereocenters. The maximum absolute atomic E-state index is 13.3. The second kappa shape index (κ2) is 7.80. The van der Waals surface area contributed by atoms with Gasteiger partial charge in [0, 0.05) is 5.69 Å². The Bertz CT molecular complexity index is 782. The number of amides is 3. The molecule has 7 heteroatoms. The number of nitrogens with one attached hydrogen (secondary N) is 1. The van der Waals surface area contributed by atoms with E-state index in [-0.39, 0.29) is 34.6 Å². The van der Waals surface area contributed by atoms with Gasteiger partial charge in [0.1, 0.15) is 11.9 Å². The van der Waals surface area contributed by atoms with E-state index in [0.29, 0.717) is 24.9 Å². The highest BCUT2D eigenvalue weighted by Crippen LogP contribution is 2.37. The molecule has 3 atom stereocenters. The van der Waals surface area contributed by atoms with Crippen LogP contribution in [0, 0.1) is 23.6 Å². The topological polar surface area (TPSA) is 66.5 Å². The monoisotopic (exact) mass is 392 g/mol. The minimum atomic E-state index is -0.903. The Morgan fingerprint density at radius 3 is 2.33 bits per heavy atom. The zero-order chi connectivity index (χ0) is 19.7. The molecule has 0 radical (unpaired) electrons. The molecule has 0 aromatic heterocycles. The first-order valence-corrected chi connectivity index (χ1v) is 9.45. The van der Waals surface area contributed by atoms with Crippen molar-refractivity contribution in [2.75, 3.05) is 5.32 Å². The second-order valence-electron chi connectivity index (χ2n) is 7.47. The molecule has 27 heavy (non-hydrogen) atoms. The van der Waals surface area contributed by atoms with Crippen molar-refractivity contribution >= 4 is 35.0 Å². The number of imide groups is 1. The van der Waals surface area contributed by atoms with Gasteiger partial charge in [-0.25, -0.2) is 4.39 Å². The van der Waals surface area contributed by atoms with E-state index in [4.69, 9.17) is 11.6 Å². The molecule has 2 aliphatic rings. The Balaban J connectivity index is 1.85. The van der Waals surface area contributed by atoms with Gasteiger partial charge < -0.3 is 5.32 Å². The number of likely N-dealkylation sites (tertiary alicyclic amines) is 1. The molecule has 5 nitrogen and oxygen atoms in total. The highest BCUT2D eigenvalue weighted by Gasteiger charge is 2.51. The van der Waals surface area contributed by atoms with Gasteiger partial charge >= 0.3 is 0 Å². The summed E-state index contributed by atoms with van der Waals surface area (Å²) in [7, 11) is 0. The number of benzene rings is 1. The number of carbonyl (C=O) groups is 3. The Labute approximate surface area is 162 Å². The summed E-state index contributed by atoms with van der Waals surface area (Å²) >= 11 is 5.77. The first-order valence-electron chi connectivity index (χ1n) is 9.07. The first kappa shape index (κ1) is 19.5. The van der Waals surface area contributed by atoms with Crippen molar-refractivity contribution in [3.05, 3.63) is 41.2 Å². The molecule has 1 aliphatic heterocycles. The number of hydrogen-bond donors (Lipinski definition) is 1. The van der Waals surface area contributed by atoms with Crippen molar-refractivity contribution in [2.24, 2.45) is 17.8 Å². The lowest BCUT2D eigenvalue weighted by molar-refractivity contribution is -0.147. The summed E-state index contributed by atoms with van der Waals surface area (Å²) in [4.78, 5) is 39.8. The van der Waals surface area contributed by atoms with Gasteiger partial charge in [0.25, 0.3) is 0 Å². The third-order valence-corrected chi connectivity index (χ3v) is 5.33. The number of allylic oxidation sites excluding steroid dienone is 2. The highest BCUT2D eigenvalue weighted by molar-refractivity contribution is 6.31. The van der Waals surface area contributed by atoms with Crippen molar-refractivity contribution in [2.45, 2.75) is 39.2 Å². The van der Waals surface area contributed by atoms with Crippen molar-refractivity contribution in [3.8, 4) is 0 Å². The molecule has 1 aromatic carbocycles. The van der Waals surface area contributed by atoms with E-state index >= 15 is 0 Å². The fourth-order valence-corrected chi connectivity index (χ4v) is 3.89. The molecule has 144 valence electrons. The molecule has 3 rings (SSSR count). The summed E-state index contributed by atoms with van der Waals surface area (Å²) < 4.78 is 13.3. The summed E-state index contributed by atoms with van der Waals surface area (Å²) in [6, 6.07) is 2.95. The summed E-state index contributed by atoms with van der Waals surface area (Å²) in [5.74, 6) is -2.30. The van der Waals surface area contributed by atoms with Crippen LogP contribution in [0.2, 0.25) is 5.02 Å². The number of fused-ring (bicyclic) bond motifs is 1. The van der Waals surface area contributed by atoms with Crippen LogP contribution in [0.25, 0.3) is 0 Å². The molecular weight excluding hydrogens is 371 g/mol. The first-order chi connectivity index (χ1) is 12.8. The zero-order valence-electron chi connectivity index (χ0n) is 15.2. The van der Waals surface area contributed by atoms with E-state index in [1.807, 2.05) is 26.0 Å². The predicted molar refractivity (Wildman–Crippen MR) is 100 cm³/mol. The zero-order valence-corrected chi connectivity index (χ0v) is 16.0. The fraction of sp³-hybridized carbons (Fsp3) is 0.450. The number of rotatable bonds is 5. The minimum absolute atomic E-state index is 0.0962. The van der Waals surface area contributed by atoms with Crippen molar-refractivity contribution in [3.63, 3.8) is 0 Å². The standard InChI is InChI=1S/C20H22ClFN2O3/c1-11(2)9-17(18(25)23-12-7-8-16(22)15(21)10-12)24-19(26)13-5-3-4-6-14(13)20(24)27/h3-4,7-8,10-11,13-14,17H,5-6,9H2,1-2H3,(H,23,25)/t13-,14+,17-/m0/s1. The van der Waals surface area contributed by atoms with Crippen molar-refractivity contribution in [1.29, 1.82) is 0 Å². The molecular formula is C20H22ClFN2O3. The Morgan fingerprint density at radius 1 is 1.22 bits per heavy atom. The van der Waals surface area contributed by atoms with Crippen LogP contribution in [0.3, 0.4) is 0 Å². The molecule has 1 aliphatic carbocycles. The van der Waals surface area contributed by atoms with Gasteiger partial charge in [-0.2, -0.15) is 0 Å². The van der Waals surface area contributed by atoms with Gasteiger partial charge in [0.2, 0.25) is 17.7 Å². The molecule has 0 spiro atoms. The van der Waals surface area contributed by atoms with Crippen LogP contribution >= 0.6 is 11.6 Å². The van der Waals surface area contributed by atoms with Gasteiger partial charge in [0.05, 0.1) is 16.9 Å². The molecule has 0 saturated carbocycles. The van der Waals surface area contributed by atoms with Crippen LogP contribution in [0.4, 0.5) is 10.1 Å². The van der Waals surface area contributed by atoms with Crippen LogP contribution < -0.4 is 5.32 Å². The van der Waals surface area contributed by atoms with Gasteiger partial charge in [-0.3, -0.25) is 19.3 Å². The quantitative estimate of drug-likeness (QED) is 0.612. The van der Waals surface area contributed by atoms with E-state index in [0.717, 1.165) is 11.0 Å². The lowest BCUT2D eigenvalue weighted by atomic mass is 9.85. The lowest BCUT2D eigenvalue weighted by Gasteiger charge is -2.27. The van der Waals surface area contributed by atoms with E-state index in [2.05, 4.69) is 5.32 Å². The Hall–Kier alpha value is -2.21. The van der Waals surface area contributed by atoms with E-state index < -0.39 is 17.8 Å². The maximum atomic E-state index is 13.3. The van der Waals surface area contributed by atoms with Crippen LogP contribution in [0.5, 0.6) is 0 Å². The summed E-state index contributed by atoms with van der Waals surface area (Å²) in [5, 5.41) is 2.55. The summed E-state index contributed by atoms with van der Waals surface area (Å²) in [6.07, 6.45) is 5.22. The molecule has 1 fully saturated rings. The maximum Gasteiger partial charge on any atom is 0.247 e. The molecule has 1 saturated heterocycles. The number of nitrogens with zero attached hydrogens (tertiary/aromatic N) is 1. The Morgan fingerprint density at radius 2 is 1.81 bits per heavy atom. The normalized spacial score (nSPS) is 22.9. The van der Waals surface area contributed by atoms with E-state index in [1.165, 1.54) is 12.1 Å². The number of hydrogen-bond acceptors (Lipinski definition) is 3. The van der Waals surface area contributed by atoms with E-state index in [1.54, 1.807) is 0 Å². The SMILES string of the molecule is CC(C)C[C@@H](C(=O)Nc1ccc(F)c(Cl)c1)N1C(=O)[C@H]2CC=CC[C@H]2C1=O. The average Bonchev–Trinajstić information content (AvgIpc) is 2.87. The summed E-state index contributed by atoms with van der Waals surface area (Å²) in [6.45, 7) is 3.85. The Kier molecular flexibility index (Phi) is 5.65. The van der Waals surface area contributed by atoms with Crippen molar-refractivity contribution in [1.82, 2.24) is 4.90 Å². The highest BCUT2D eigenvalue weighted by atomic mass is 35.5. The largest absolute Gasteiger partial charge is 0.324 e. The third kappa shape index (κ3) is 3.90. The number of halogens is 2. The third-order valence-electron chi connectivity index (χ3n) is 5.04. The molecule has 1 heterocycles. The molecule has 0 bridgehead atoms. The number of carbonyl (C=O) groups excluding carboxylic acids is 3. The van der Waals surface area contributed by atoms with Crippen LogP contribution in [0.1, 0.15) is 33.1 Å².